The number of hydrogen-bond acceptors (Lipinski definition) is 3. The standard InChI is InChI=1S/C11H17N3/c1-8-7-10(13-9(2)12-8)14-6-5-11(14,3)4/h7H,5-6H2,1-4H3. The number of anilines is 1. The maximum atomic E-state index is 4.47. The van der Waals surface area contributed by atoms with Gasteiger partial charge in [0, 0.05) is 23.8 Å². The Morgan fingerprint density at radius 2 is 2.00 bits per heavy atom. The smallest absolute Gasteiger partial charge is 0.132 e. The molecule has 0 unspecified atom stereocenters. The lowest BCUT2D eigenvalue weighted by Gasteiger charge is -2.49. The van der Waals surface area contributed by atoms with Crippen LogP contribution in [-0.2, 0) is 0 Å². The zero-order valence-electron chi connectivity index (χ0n) is 9.33. The van der Waals surface area contributed by atoms with Crippen molar-refractivity contribution in [3.8, 4) is 0 Å². The van der Waals surface area contributed by atoms with E-state index in [1.807, 2.05) is 13.8 Å². The highest BCUT2D eigenvalue weighted by atomic mass is 15.3. The van der Waals surface area contributed by atoms with Gasteiger partial charge in [-0.2, -0.15) is 0 Å². The van der Waals surface area contributed by atoms with Gasteiger partial charge in [-0.3, -0.25) is 0 Å². The fourth-order valence-corrected chi connectivity index (χ4v) is 1.93. The average Bonchev–Trinajstić information content (AvgIpc) is 2.00. The van der Waals surface area contributed by atoms with Gasteiger partial charge in [0.2, 0.25) is 0 Å². The first-order valence-corrected chi connectivity index (χ1v) is 5.09. The van der Waals surface area contributed by atoms with E-state index >= 15 is 0 Å². The molecule has 0 amide bonds. The van der Waals surface area contributed by atoms with Gasteiger partial charge in [0.05, 0.1) is 0 Å². The fraction of sp³-hybridized carbons (Fsp3) is 0.636. The van der Waals surface area contributed by atoms with Crippen molar-refractivity contribution < 1.29 is 0 Å². The SMILES string of the molecule is Cc1cc(N2CCC2(C)C)nc(C)n1. The van der Waals surface area contributed by atoms with E-state index in [1.54, 1.807) is 0 Å². The van der Waals surface area contributed by atoms with Crippen LogP contribution in [0.1, 0.15) is 31.8 Å². The summed E-state index contributed by atoms with van der Waals surface area (Å²) >= 11 is 0. The minimum atomic E-state index is 0.271. The van der Waals surface area contributed by atoms with E-state index in [-0.39, 0.29) is 5.54 Å². The van der Waals surface area contributed by atoms with Crippen LogP contribution in [0.4, 0.5) is 5.82 Å². The third kappa shape index (κ3) is 1.47. The number of hydrogen-bond donors (Lipinski definition) is 0. The second-order valence-corrected chi connectivity index (χ2v) is 4.63. The summed E-state index contributed by atoms with van der Waals surface area (Å²) < 4.78 is 0. The van der Waals surface area contributed by atoms with Gasteiger partial charge in [-0.05, 0) is 34.1 Å². The zero-order valence-corrected chi connectivity index (χ0v) is 9.33. The summed E-state index contributed by atoms with van der Waals surface area (Å²) in [5.41, 5.74) is 1.32. The topological polar surface area (TPSA) is 29.0 Å². The van der Waals surface area contributed by atoms with E-state index in [1.165, 1.54) is 6.42 Å². The van der Waals surface area contributed by atoms with Crippen molar-refractivity contribution in [1.82, 2.24) is 9.97 Å². The quantitative estimate of drug-likeness (QED) is 0.680. The van der Waals surface area contributed by atoms with E-state index in [9.17, 15) is 0 Å². The molecule has 2 heterocycles. The molecule has 1 saturated heterocycles. The monoisotopic (exact) mass is 191 g/mol. The molecule has 1 aliphatic heterocycles. The first kappa shape index (κ1) is 9.44. The van der Waals surface area contributed by atoms with Gasteiger partial charge >= 0.3 is 0 Å². The van der Waals surface area contributed by atoms with Gasteiger partial charge in [-0.25, -0.2) is 9.97 Å². The molecule has 0 saturated carbocycles. The van der Waals surface area contributed by atoms with E-state index < -0.39 is 0 Å². The Morgan fingerprint density at radius 3 is 2.43 bits per heavy atom. The maximum Gasteiger partial charge on any atom is 0.132 e. The Labute approximate surface area is 85.2 Å². The van der Waals surface area contributed by atoms with E-state index in [0.717, 1.165) is 23.9 Å². The minimum absolute atomic E-state index is 0.271. The van der Waals surface area contributed by atoms with Crippen molar-refractivity contribution in [2.75, 3.05) is 11.4 Å². The molecule has 3 nitrogen and oxygen atoms in total. The van der Waals surface area contributed by atoms with Crippen LogP contribution in [0.2, 0.25) is 0 Å². The second-order valence-electron chi connectivity index (χ2n) is 4.63. The predicted molar refractivity (Wildman–Crippen MR) is 57.5 cm³/mol. The Hall–Kier alpha value is -1.12. The molecule has 1 aromatic rings. The van der Waals surface area contributed by atoms with Crippen LogP contribution in [0.3, 0.4) is 0 Å². The molecule has 0 atom stereocenters. The Bertz CT molecular complexity index is 337. The largest absolute Gasteiger partial charge is 0.351 e. The summed E-state index contributed by atoms with van der Waals surface area (Å²) in [5.74, 6) is 1.94. The molecule has 2 rings (SSSR count). The summed E-state index contributed by atoms with van der Waals surface area (Å²) in [6, 6.07) is 2.06. The van der Waals surface area contributed by atoms with E-state index in [2.05, 4.69) is 34.8 Å². The third-order valence-electron chi connectivity index (χ3n) is 2.91. The van der Waals surface area contributed by atoms with Crippen LogP contribution in [0.15, 0.2) is 6.07 Å². The molecule has 14 heavy (non-hydrogen) atoms. The van der Waals surface area contributed by atoms with Crippen LogP contribution in [0.5, 0.6) is 0 Å². The molecule has 0 radical (unpaired) electrons. The molecule has 1 aliphatic rings. The highest BCUT2D eigenvalue weighted by molar-refractivity contribution is 5.46. The predicted octanol–water partition coefficient (Wildman–Crippen LogP) is 2.08. The molecule has 0 aromatic carbocycles. The van der Waals surface area contributed by atoms with Crippen LogP contribution >= 0.6 is 0 Å². The van der Waals surface area contributed by atoms with Gasteiger partial charge in [0.1, 0.15) is 11.6 Å². The molecule has 1 fully saturated rings. The molecule has 0 bridgehead atoms. The van der Waals surface area contributed by atoms with E-state index in [4.69, 9.17) is 0 Å². The van der Waals surface area contributed by atoms with Crippen molar-refractivity contribution >= 4 is 5.82 Å². The van der Waals surface area contributed by atoms with Crippen molar-refractivity contribution in [2.45, 2.75) is 39.7 Å². The lowest BCUT2D eigenvalue weighted by Crippen LogP contribution is -2.56. The molecular weight excluding hydrogens is 174 g/mol. The Kier molecular flexibility index (Phi) is 1.98. The van der Waals surface area contributed by atoms with Gasteiger partial charge in [0.15, 0.2) is 0 Å². The van der Waals surface area contributed by atoms with Gasteiger partial charge in [0.25, 0.3) is 0 Å². The lowest BCUT2D eigenvalue weighted by molar-refractivity contribution is 0.328. The van der Waals surface area contributed by atoms with Crippen LogP contribution in [0, 0.1) is 13.8 Å². The van der Waals surface area contributed by atoms with Crippen molar-refractivity contribution in [3.05, 3.63) is 17.6 Å². The molecular formula is C11H17N3. The normalized spacial score (nSPS) is 19.3. The molecule has 0 aliphatic carbocycles. The minimum Gasteiger partial charge on any atom is -0.351 e. The Balaban J connectivity index is 2.33. The number of nitrogens with zero attached hydrogens (tertiary/aromatic N) is 3. The van der Waals surface area contributed by atoms with Gasteiger partial charge < -0.3 is 4.90 Å². The summed E-state index contributed by atoms with van der Waals surface area (Å²) in [4.78, 5) is 11.1. The third-order valence-corrected chi connectivity index (χ3v) is 2.91. The maximum absolute atomic E-state index is 4.47. The summed E-state index contributed by atoms with van der Waals surface area (Å²) in [6.45, 7) is 9.59. The number of rotatable bonds is 1. The molecule has 3 heteroatoms. The highest BCUT2D eigenvalue weighted by Crippen LogP contribution is 2.33. The van der Waals surface area contributed by atoms with Crippen molar-refractivity contribution in [2.24, 2.45) is 0 Å². The number of aryl methyl sites for hydroxylation is 2. The van der Waals surface area contributed by atoms with Crippen molar-refractivity contribution in [3.63, 3.8) is 0 Å². The summed E-state index contributed by atoms with van der Waals surface area (Å²) in [5, 5.41) is 0. The summed E-state index contributed by atoms with van der Waals surface area (Å²) in [7, 11) is 0. The fourth-order valence-electron chi connectivity index (χ4n) is 1.93. The number of aromatic nitrogens is 2. The van der Waals surface area contributed by atoms with Gasteiger partial charge in [-0.15, -0.1) is 0 Å². The van der Waals surface area contributed by atoms with Crippen molar-refractivity contribution in [1.29, 1.82) is 0 Å². The molecule has 0 spiro atoms. The average molecular weight is 191 g/mol. The second kappa shape index (κ2) is 2.94. The van der Waals surface area contributed by atoms with Crippen LogP contribution in [-0.4, -0.2) is 22.1 Å². The zero-order chi connectivity index (χ0) is 10.3. The van der Waals surface area contributed by atoms with Gasteiger partial charge in [-0.1, -0.05) is 0 Å². The lowest BCUT2D eigenvalue weighted by atomic mass is 9.89. The Morgan fingerprint density at radius 1 is 1.29 bits per heavy atom. The first-order valence-electron chi connectivity index (χ1n) is 5.09. The van der Waals surface area contributed by atoms with Crippen LogP contribution in [0.25, 0.3) is 0 Å². The highest BCUT2D eigenvalue weighted by Gasteiger charge is 2.36. The van der Waals surface area contributed by atoms with E-state index in [0.29, 0.717) is 0 Å². The van der Waals surface area contributed by atoms with Crippen LogP contribution < -0.4 is 4.90 Å². The summed E-state index contributed by atoms with van der Waals surface area (Å²) in [6.07, 6.45) is 1.25. The molecule has 1 aromatic heterocycles. The first-order chi connectivity index (χ1) is 6.49. The molecule has 76 valence electrons. The molecule has 0 N–H and O–H groups in total.